The number of hydrogen-bond donors (Lipinski definition) is 4. The molecular weight excluding hydrogens is 334 g/mol. The first-order valence-corrected chi connectivity index (χ1v) is 7.50. The average molecular weight is 353 g/mol. The van der Waals surface area contributed by atoms with Crippen molar-refractivity contribution in [3.05, 3.63) is 29.8 Å². The Kier molecular flexibility index (Phi) is 6.30. The molecule has 25 heavy (non-hydrogen) atoms. The molecule has 6 atom stereocenters. The van der Waals surface area contributed by atoms with Gasteiger partial charge in [0.05, 0.1) is 6.07 Å². The average Bonchev–Trinajstić information content (AvgIpc) is 2.58. The monoisotopic (exact) mass is 353 g/mol. The number of ether oxygens (including phenoxy) is 3. The van der Waals surface area contributed by atoms with Crippen molar-refractivity contribution in [2.45, 2.75) is 43.7 Å². The molecule has 1 saturated heterocycles. The Balaban J connectivity index is 2.12. The van der Waals surface area contributed by atoms with Gasteiger partial charge in [-0.3, -0.25) is 4.79 Å². The van der Waals surface area contributed by atoms with Crippen LogP contribution in [0.1, 0.15) is 18.6 Å². The van der Waals surface area contributed by atoms with E-state index >= 15 is 0 Å². The fourth-order valence-corrected chi connectivity index (χ4v) is 2.37. The second kappa shape index (κ2) is 8.24. The maximum Gasteiger partial charge on any atom is 0.302 e. The molecule has 1 aromatic rings. The molecule has 1 fully saturated rings. The van der Waals surface area contributed by atoms with Crippen LogP contribution in [0.4, 0.5) is 0 Å². The highest BCUT2D eigenvalue weighted by Crippen LogP contribution is 2.28. The Bertz CT molecular complexity index is 645. The van der Waals surface area contributed by atoms with Crippen LogP contribution in [0.3, 0.4) is 0 Å². The number of phenolic OH excluding ortho intramolecular Hbond substituents is 1. The number of benzene rings is 1. The van der Waals surface area contributed by atoms with E-state index in [-0.39, 0.29) is 12.4 Å². The van der Waals surface area contributed by atoms with E-state index < -0.39 is 42.8 Å². The maximum atomic E-state index is 10.9. The van der Waals surface area contributed by atoms with Gasteiger partial charge in [0.1, 0.15) is 36.8 Å². The lowest BCUT2D eigenvalue weighted by atomic mass is 9.99. The summed E-state index contributed by atoms with van der Waals surface area (Å²) in [6.45, 7) is 0.811. The third-order valence-electron chi connectivity index (χ3n) is 3.68. The fourth-order valence-electron chi connectivity index (χ4n) is 2.37. The molecule has 9 heteroatoms. The molecule has 2 rings (SSSR count). The van der Waals surface area contributed by atoms with Gasteiger partial charge in [-0.15, -0.1) is 0 Å². The van der Waals surface area contributed by atoms with Crippen LogP contribution < -0.4 is 0 Å². The van der Waals surface area contributed by atoms with E-state index in [9.17, 15) is 30.5 Å². The molecule has 0 amide bonds. The lowest BCUT2D eigenvalue weighted by Crippen LogP contribution is -2.59. The van der Waals surface area contributed by atoms with Crippen molar-refractivity contribution in [2.24, 2.45) is 0 Å². The molecule has 0 bridgehead atoms. The van der Waals surface area contributed by atoms with Gasteiger partial charge in [0.2, 0.25) is 0 Å². The largest absolute Gasteiger partial charge is 0.508 e. The zero-order valence-electron chi connectivity index (χ0n) is 13.3. The summed E-state index contributed by atoms with van der Waals surface area (Å²) < 4.78 is 15.5. The van der Waals surface area contributed by atoms with Crippen LogP contribution in [-0.4, -0.2) is 63.7 Å². The van der Waals surface area contributed by atoms with Crippen molar-refractivity contribution < 1.29 is 39.4 Å². The quantitative estimate of drug-likeness (QED) is 0.506. The number of rotatable bonds is 5. The van der Waals surface area contributed by atoms with Crippen LogP contribution in [0.25, 0.3) is 0 Å². The second-order valence-electron chi connectivity index (χ2n) is 5.56. The van der Waals surface area contributed by atoms with Crippen molar-refractivity contribution in [1.29, 1.82) is 5.26 Å². The van der Waals surface area contributed by atoms with Gasteiger partial charge in [-0.1, -0.05) is 12.1 Å². The Morgan fingerprint density at radius 1 is 1.32 bits per heavy atom. The molecule has 0 aromatic heterocycles. The summed E-state index contributed by atoms with van der Waals surface area (Å²) in [4.78, 5) is 10.9. The number of phenols is 1. The molecule has 0 radical (unpaired) electrons. The SMILES string of the molecule is CC(=O)OC[C@H]1O[C@H](O[C@@H](C#N)c2cccc(O)c2)[C@@H](O)[C@H](O)[C@@H]1O. The minimum atomic E-state index is -1.63. The molecule has 136 valence electrons. The van der Waals surface area contributed by atoms with Crippen molar-refractivity contribution >= 4 is 5.97 Å². The van der Waals surface area contributed by atoms with Crippen LogP contribution in [0.2, 0.25) is 0 Å². The van der Waals surface area contributed by atoms with Gasteiger partial charge in [-0.25, -0.2) is 0 Å². The van der Waals surface area contributed by atoms with Crippen molar-refractivity contribution in [3.8, 4) is 11.8 Å². The lowest BCUT2D eigenvalue weighted by Gasteiger charge is -2.40. The van der Waals surface area contributed by atoms with Crippen LogP contribution in [0, 0.1) is 11.3 Å². The number of hydrogen-bond acceptors (Lipinski definition) is 9. The van der Waals surface area contributed by atoms with Crippen molar-refractivity contribution in [2.75, 3.05) is 6.61 Å². The molecular formula is C16H19NO8. The first kappa shape index (κ1) is 19.1. The minimum absolute atomic E-state index is 0.0744. The van der Waals surface area contributed by atoms with Gasteiger partial charge >= 0.3 is 5.97 Å². The number of nitriles is 1. The fraction of sp³-hybridized carbons (Fsp3) is 0.500. The summed E-state index contributed by atoms with van der Waals surface area (Å²) in [5.41, 5.74) is 0.315. The second-order valence-corrected chi connectivity index (χ2v) is 5.56. The molecule has 4 N–H and O–H groups in total. The number of carbonyl (C=O) groups excluding carboxylic acids is 1. The Morgan fingerprint density at radius 3 is 2.64 bits per heavy atom. The summed E-state index contributed by atoms with van der Waals surface area (Å²) >= 11 is 0. The predicted molar refractivity (Wildman–Crippen MR) is 80.9 cm³/mol. The van der Waals surface area contributed by atoms with Gasteiger partial charge in [-0.2, -0.15) is 5.26 Å². The summed E-state index contributed by atoms with van der Waals surface area (Å²) in [6.07, 6.45) is -8.56. The van der Waals surface area contributed by atoms with Crippen LogP contribution >= 0.6 is 0 Å². The first-order chi connectivity index (χ1) is 11.8. The van der Waals surface area contributed by atoms with E-state index in [1.165, 1.54) is 31.2 Å². The van der Waals surface area contributed by atoms with Gasteiger partial charge in [0.15, 0.2) is 12.4 Å². The molecule has 1 aliphatic heterocycles. The molecule has 1 aromatic carbocycles. The van der Waals surface area contributed by atoms with Gasteiger partial charge < -0.3 is 34.6 Å². The molecule has 1 aliphatic rings. The topological polar surface area (TPSA) is 149 Å². The lowest BCUT2D eigenvalue weighted by molar-refractivity contribution is -0.308. The van der Waals surface area contributed by atoms with Crippen LogP contribution in [0.15, 0.2) is 24.3 Å². The number of esters is 1. The van der Waals surface area contributed by atoms with Crippen molar-refractivity contribution in [1.82, 2.24) is 0 Å². The third kappa shape index (κ3) is 4.66. The van der Waals surface area contributed by atoms with Crippen LogP contribution in [-0.2, 0) is 19.0 Å². The smallest absolute Gasteiger partial charge is 0.302 e. The molecule has 0 aliphatic carbocycles. The van der Waals surface area contributed by atoms with E-state index in [0.29, 0.717) is 5.56 Å². The number of aromatic hydroxyl groups is 1. The zero-order chi connectivity index (χ0) is 18.6. The summed E-state index contributed by atoms with van der Waals surface area (Å²) in [5.74, 6) is -0.682. The minimum Gasteiger partial charge on any atom is -0.508 e. The standard InChI is InChI=1S/C16H19NO8/c1-8(18)23-7-12-13(20)14(21)15(22)16(25-12)24-11(6-17)9-3-2-4-10(19)5-9/h2-5,11-16,19-22H,7H2,1H3/t11-,12+,13+,14+,15-,16-/m0/s1. The highest BCUT2D eigenvalue weighted by Gasteiger charge is 2.45. The van der Waals surface area contributed by atoms with Crippen LogP contribution in [0.5, 0.6) is 5.75 Å². The molecule has 0 spiro atoms. The number of aliphatic hydroxyl groups excluding tert-OH is 3. The Hall–Kier alpha value is -2.22. The molecule has 0 saturated carbocycles. The highest BCUT2D eigenvalue weighted by atomic mass is 16.7. The highest BCUT2D eigenvalue weighted by molar-refractivity contribution is 5.65. The zero-order valence-corrected chi connectivity index (χ0v) is 13.3. The summed E-state index contributed by atoms with van der Waals surface area (Å²) in [7, 11) is 0. The van der Waals surface area contributed by atoms with E-state index in [4.69, 9.17) is 14.2 Å². The molecule has 0 unspecified atom stereocenters. The summed E-state index contributed by atoms with van der Waals surface area (Å²) in [5, 5.41) is 48.6. The Morgan fingerprint density at radius 2 is 2.04 bits per heavy atom. The maximum absolute atomic E-state index is 10.9. The number of aliphatic hydroxyl groups is 3. The van der Waals surface area contributed by atoms with Gasteiger partial charge in [0, 0.05) is 6.92 Å². The summed E-state index contributed by atoms with van der Waals surface area (Å²) in [6, 6.07) is 7.62. The van der Waals surface area contributed by atoms with E-state index in [1.807, 2.05) is 6.07 Å². The third-order valence-corrected chi connectivity index (χ3v) is 3.68. The normalized spacial score (nSPS) is 30.3. The van der Waals surface area contributed by atoms with E-state index in [0.717, 1.165) is 0 Å². The van der Waals surface area contributed by atoms with Gasteiger partial charge in [0.25, 0.3) is 0 Å². The first-order valence-electron chi connectivity index (χ1n) is 7.50. The molecule has 9 nitrogen and oxygen atoms in total. The predicted octanol–water partition coefficient (Wildman–Crippen LogP) is -0.656. The Labute approximate surface area is 143 Å². The molecule has 1 heterocycles. The number of nitrogens with zero attached hydrogens (tertiary/aromatic N) is 1. The number of carbonyl (C=O) groups is 1. The van der Waals surface area contributed by atoms with E-state index in [1.54, 1.807) is 0 Å². The van der Waals surface area contributed by atoms with E-state index in [2.05, 4.69) is 0 Å². The van der Waals surface area contributed by atoms with Gasteiger partial charge in [-0.05, 0) is 17.7 Å². The van der Waals surface area contributed by atoms with Crippen molar-refractivity contribution in [3.63, 3.8) is 0 Å².